The summed E-state index contributed by atoms with van der Waals surface area (Å²) < 4.78 is 1.66. The quantitative estimate of drug-likeness (QED) is 0.713. The van der Waals surface area contributed by atoms with Gasteiger partial charge in [-0.3, -0.25) is 0 Å². The summed E-state index contributed by atoms with van der Waals surface area (Å²) in [7, 11) is 0. The van der Waals surface area contributed by atoms with Crippen LogP contribution in [-0.4, -0.2) is 19.7 Å². The van der Waals surface area contributed by atoms with Crippen molar-refractivity contribution in [3.05, 3.63) is 48.7 Å². The third-order valence-electron chi connectivity index (χ3n) is 2.71. The zero-order valence-corrected chi connectivity index (χ0v) is 9.11. The number of nitrogens with two attached hydrogens (primary N) is 1. The molecule has 0 amide bonds. The molecule has 3 rings (SSSR count). The van der Waals surface area contributed by atoms with Crippen LogP contribution >= 0.6 is 0 Å². The fourth-order valence-corrected chi connectivity index (χ4v) is 1.90. The minimum Gasteiger partial charge on any atom is -0.326 e. The van der Waals surface area contributed by atoms with Gasteiger partial charge in [0.1, 0.15) is 12.7 Å². The maximum Gasteiger partial charge on any atom is 0.163 e. The van der Waals surface area contributed by atoms with Crippen LogP contribution < -0.4 is 5.73 Å². The van der Waals surface area contributed by atoms with E-state index in [1.54, 1.807) is 17.2 Å². The molecule has 5 heteroatoms. The average Bonchev–Trinajstić information content (AvgIpc) is 2.91. The van der Waals surface area contributed by atoms with Crippen LogP contribution in [0.4, 0.5) is 0 Å². The number of hydrogen-bond donors (Lipinski definition) is 1. The Bertz CT molecular complexity index is 645. The van der Waals surface area contributed by atoms with E-state index in [-0.39, 0.29) is 0 Å². The predicted octanol–water partition coefficient (Wildman–Crippen LogP) is 1.27. The number of rotatable bonds is 2. The monoisotopic (exact) mass is 225 g/mol. The second-order valence-electron chi connectivity index (χ2n) is 3.70. The number of hydrogen-bond acceptors (Lipinski definition) is 4. The van der Waals surface area contributed by atoms with Gasteiger partial charge in [-0.05, 0) is 10.9 Å². The van der Waals surface area contributed by atoms with Crippen LogP contribution in [0.2, 0.25) is 0 Å². The molecule has 17 heavy (non-hydrogen) atoms. The Balaban J connectivity index is 2.34. The van der Waals surface area contributed by atoms with E-state index in [1.165, 1.54) is 6.33 Å². The van der Waals surface area contributed by atoms with Crippen molar-refractivity contribution >= 4 is 10.8 Å². The maximum absolute atomic E-state index is 5.71. The molecule has 0 aliphatic rings. The molecule has 2 heterocycles. The molecular formula is C12H11N5. The second kappa shape index (κ2) is 3.95. The number of aromatic nitrogens is 4. The molecule has 84 valence electrons. The Labute approximate surface area is 97.9 Å². The first-order chi connectivity index (χ1) is 8.40. The standard InChI is InChI=1S/C12H11N5/c13-5-9-6-15-12(17-8-14-7-16-17)11-4-2-1-3-10(9)11/h1-4,6-8H,5,13H2. The van der Waals surface area contributed by atoms with Crippen molar-refractivity contribution in [3.63, 3.8) is 0 Å². The van der Waals surface area contributed by atoms with E-state index in [4.69, 9.17) is 5.73 Å². The third kappa shape index (κ3) is 1.57. The van der Waals surface area contributed by atoms with Crippen molar-refractivity contribution in [2.24, 2.45) is 5.73 Å². The zero-order valence-electron chi connectivity index (χ0n) is 9.11. The first kappa shape index (κ1) is 9.92. The van der Waals surface area contributed by atoms with Gasteiger partial charge in [0.05, 0.1) is 0 Å². The first-order valence-corrected chi connectivity index (χ1v) is 5.32. The fourth-order valence-electron chi connectivity index (χ4n) is 1.90. The number of fused-ring (bicyclic) bond motifs is 1. The van der Waals surface area contributed by atoms with Crippen LogP contribution in [0, 0.1) is 0 Å². The largest absolute Gasteiger partial charge is 0.326 e. The minimum absolute atomic E-state index is 0.477. The highest BCUT2D eigenvalue weighted by atomic mass is 15.3. The van der Waals surface area contributed by atoms with E-state index in [1.807, 2.05) is 24.3 Å². The molecule has 0 saturated heterocycles. The molecule has 0 spiro atoms. The Hall–Kier alpha value is -2.27. The van der Waals surface area contributed by atoms with E-state index in [2.05, 4.69) is 15.1 Å². The molecule has 0 atom stereocenters. The van der Waals surface area contributed by atoms with Gasteiger partial charge < -0.3 is 5.73 Å². The Morgan fingerprint density at radius 3 is 2.71 bits per heavy atom. The van der Waals surface area contributed by atoms with Crippen LogP contribution in [0.25, 0.3) is 16.6 Å². The first-order valence-electron chi connectivity index (χ1n) is 5.32. The Kier molecular flexibility index (Phi) is 2.31. The van der Waals surface area contributed by atoms with Crippen molar-refractivity contribution in [3.8, 4) is 5.82 Å². The molecule has 0 aliphatic carbocycles. The lowest BCUT2D eigenvalue weighted by atomic mass is 10.1. The highest BCUT2D eigenvalue weighted by molar-refractivity contribution is 5.90. The van der Waals surface area contributed by atoms with Crippen molar-refractivity contribution in [1.29, 1.82) is 0 Å². The number of pyridine rings is 1. The van der Waals surface area contributed by atoms with Gasteiger partial charge in [0, 0.05) is 18.1 Å². The van der Waals surface area contributed by atoms with Gasteiger partial charge >= 0.3 is 0 Å². The molecule has 0 radical (unpaired) electrons. The van der Waals surface area contributed by atoms with Crippen LogP contribution in [0.5, 0.6) is 0 Å². The molecule has 5 nitrogen and oxygen atoms in total. The molecule has 0 bridgehead atoms. The fraction of sp³-hybridized carbons (Fsp3) is 0.0833. The van der Waals surface area contributed by atoms with E-state index in [0.29, 0.717) is 6.54 Å². The van der Waals surface area contributed by atoms with Gasteiger partial charge in [0.2, 0.25) is 0 Å². The van der Waals surface area contributed by atoms with Gasteiger partial charge in [-0.1, -0.05) is 24.3 Å². The van der Waals surface area contributed by atoms with E-state index in [0.717, 1.165) is 22.2 Å². The van der Waals surface area contributed by atoms with Crippen molar-refractivity contribution < 1.29 is 0 Å². The van der Waals surface area contributed by atoms with E-state index in [9.17, 15) is 0 Å². The van der Waals surface area contributed by atoms with Crippen LogP contribution in [-0.2, 0) is 6.54 Å². The van der Waals surface area contributed by atoms with Gasteiger partial charge in [0.25, 0.3) is 0 Å². The molecule has 2 aromatic heterocycles. The highest BCUT2D eigenvalue weighted by Crippen LogP contribution is 2.22. The van der Waals surface area contributed by atoms with Crippen molar-refractivity contribution in [2.45, 2.75) is 6.54 Å². The summed E-state index contributed by atoms with van der Waals surface area (Å²) in [5.41, 5.74) is 6.74. The van der Waals surface area contributed by atoms with Crippen LogP contribution in [0.15, 0.2) is 43.1 Å². The normalized spacial score (nSPS) is 10.9. The van der Waals surface area contributed by atoms with Gasteiger partial charge in [-0.2, -0.15) is 5.10 Å². The van der Waals surface area contributed by atoms with Gasteiger partial charge in [0.15, 0.2) is 5.82 Å². The molecule has 0 saturated carbocycles. The SMILES string of the molecule is NCc1cnc(-n2cncn2)c2ccccc12. The summed E-state index contributed by atoms with van der Waals surface area (Å²) in [5, 5.41) is 6.24. The number of benzene rings is 1. The van der Waals surface area contributed by atoms with Gasteiger partial charge in [-0.25, -0.2) is 14.6 Å². The molecule has 3 aromatic rings. The third-order valence-corrected chi connectivity index (χ3v) is 2.71. The summed E-state index contributed by atoms with van der Waals surface area (Å²) in [5.74, 6) is 0.773. The molecule has 1 aromatic carbocycles. The smallest absolute Gasteiger partial charge is 0.163 e. The molecular weight excluding hydrogens is 214 g/mol. The van der Waals surface area contributed by atoms with Crippen LogP contribution in [0.1, 0.15) is 5.56 Å². The summed E-state index contributed by atoms with van der Waals surface area (Å²) in [4.78, 5) is 8.34. The average molecular weight is 225 g/mol. The Morgan fingerprint density at radius 1 is 1.18 bits per heavy atom. The van der Waals surface area contributed by atoms with Crippen molar-refractivity contribution in [2.75, 3.05) is 0 Å². The zero-order chi connectivity index (χ0) is 11.7. The Morgan fingerprint density at radius 2 is 2.00 bits per heavy atom. The lowest BCUT2D eigenvalue weighted by Gasteiger charge is -2.08. The summed E-state index contributed by atoms with van der Waals surface area (Å²) in [6.45, 7) is 0.477. The number of nitrogens with zero attached hydrogens (tertiary/aromatic N) is 4. The predicted molar refractivity (Wildman–Crippen MR) is 64.6 cm³/mol. The highest BCUT2D eigenvalue weighted by Gasteiger charge is 2.07. The summed E-state index contributed by atoms with van der Waals surface area (Å²) in [6.07, 6.45) is 4.92. The lowest BCUT2D eigenvalue weighted by Crippen LogP contribution is -2.03. The maximum atomic E-state index is 5.71. The van der Waals surface area contributed by atoms with Gasteiger partial charge in [-0.15, -0.1) is 0 Å². The van der Waals surface area contributed by atoms with Crippen LogP contribution in [0.3, 0.4) is 0 Å². The van der Waals surface area contributed by atoms with E-state index < -0.39 is 0 Å². The van der Waals surface area contributed by atoms with Crippen molar-refractivity contribution in [1.82, 2.24) is 19.7 Å². The molecule has 0 aliphatic heterocycles. The lowest BCUT2D eigenvalue weighted by molar-refractivity contribution is 0.851. The van der Waals surface area contributed by atoms with E-state index >= 15 is 0 Å². The summed E-state index contributed by atoms with van der Waals surface area (Å²) in [6, 6.07) is 8.02. The topological polar surface area (TPSA) is 69.6 Å². The molecule has 0 fully saturated rings. The molecule has 2 N–H and O–H groups in total. The second-order valence-corrected chi connectivity index (χ2v) is 3.70. The molecule has 0 unspecified atom stereocenters. The minimum atomic E-state index is 0.477. The summed E-state index contributed by atoms with van der Waals surface area (Å²) >= 11 is 0.